The van der Waals surface area contributed by atoms with Gasteiger partial charge in [0.05, 0.1) is 5.56 Å². The summed E-state index contributed by atoms with van der Waals surface area (Å²) in [6.07, 6.45) is 4.67. The number of hydrogen-bond acceptors (Lipinski definition) is 2. The van der Waals surface area contributed by atoms with Gasteiger partial charge < -0.3 is 9.73 Å². The van der Waals surface area contributed by atoms with Gasteiger partial charge in [-0.2, -0.15) is 0 Å². The summed E-state index contributed by atoms with van der Waals surface area (Å²) in [5.74, 6) is 1.22. The number of carbonyl (C=O) groups is 1. The van der Waals surface area contributed by atoms with Crippen molar-refractivity contribution < 1.29 is 9.21 Å². The average molecular weight is 242 g/mol. The molecule has 0 saturated heterocycles. The minimum atomic E-state index is -0.0603. The van der Waals surface area contributed by atoms with Crippen LogP contribution in [0.5, 0.6) is 0 Å². The first-order valence-electron chi connectivity index (χ1n) is 5.62. The van der Waals surface area contributed by atoms with Gasteiger partial charge in [-0.3, -0.25) is 4.79 Å². The molecule has 1 amide bonds. The molecule has 2 rings (SSSR count). The van der Waals surface area contributed by atoms with Gasteiger partial charge in [0.25, 0.3) is 5.91 Å². The Kier molecular flexibility index (Phi) is 3.54. The Bertz CT molecular complexity index is 375. The summed E-state index contributed by atoms with van der Waals surface area (Å²) in [5.41, 5.74) is 0.595. The van der Waals surface area contributed by atoms with E-state index in [1.165, 1.54) is 6.26 Å². The maximum Gasteiger partial charge on any atom is 0.254 e. The van der Waals surface area contributed by atoms with Gasteiger partial charge in [0.15, 0.2) is 0 Å². The Morgan fingerprint density at radius 2 is 2.44 bits per heavy atom. The largest absolute Gasteiger partial charge is 0.469 e. The van der Waals surface area contributed by atoms with Crippen molar-refractivity contribution in [2.24, 2.45) is 5.92 Å². The number of carbonyl (C=O) groups excluding carboxylic acids is 1. The van der Waals surface area contributed by atoms with Crippen LogP contribution in [0.4, 0.5) is 0 Å². The van der Waals surface area contributed by atoms with E-state index in [0.717, 1.165) is 25.0 Å². The minimum absolute atomic E-state index is 0.0603. The second kappa shape index (κ2) is 4.91. The quantitative estimate of drug-likeness (QED) is 0.827. The fourth-order valence-electron chi connectivity index (χ4n) is 2.10. The molecule has 0 aliphatic heterocycles. The summed E-state index contributed by atoms with van der Waals surface area (Å²) >= 11 is 6.01. The molecule has 2 atom stereocenters. The van der Waals surface area contributed by atoms with Gasteiger partial charge in [-0.15, -0.1) is 11.6 Å². The van der Waals surface area contributed by atoms with Crippen LogP contribution in [0.3, 0.4) is 0 Å². The second-order valence-corrected chi connectivity index (χ2v) is 5.05. The molecule has 1 N–H and O–H groups in total. The van der Waals surface area contributed by atoms with E-state index >= 15 is 0 Å². The standard InChI is InChI=1S/C12H16ClNO2/c1-8-4-10(7-16-8)12(15)14-6-9-2-3-11(13)5-9/h4,7,9,11H,2-3,5-6H2,1H3,(H,14,15). The Morgan fingerprint density at radius 3 is 3.00 bits per heavy atom. The number of halogens is 1. The van der Waals surface area contributed by atoms with E-state index in [-0.39, 0.29) is 11.3 Å². The van der Waals surface area contributed by atoms with Crippen LogP contribution in [-0.4, -0.2) is 17.8 Å². The monoisotopic (exact) mass is 241 g/mol. The minimum Gasteiger partial charge on any atom is -0.469 e. The van der Waals surface area contributed by atoms with E-state index in [0.29, 0.717) is 18.0 Å². The molecular formula is C12H16ClNO2. The first-order chi connectivity index (χ1) is 7.65. The fraction of sp³-hybridized carbons (Fsp3) is 0.583. The Labute approximate surface area is 100 Å². The van der Waals surface area contributed by atoms with Crippen molar-refractivity contribution in [3.05, 3.63) is 23.7 Å². The van der Waals surface area contributed by atoms with Crippen molar-refractivity contribution in [3.63, 3.8) is 0 Å². The topological polar surface area (TPSA) is 42.2 Å². The van der Waals surface area contributed by atoms with Crippen LogP contribution in [0.1, 0.15) is 35.4 Å². The summed E-state index contributed by atoms with van der Waals surface area (Å²) in [4.78, 5) is 11.7. The molecular weight excluding hydrogens is 226 g/mol. The molecule has 0 spiro atoms. The van der Waals surface area contributed by atoms with Gasteiger partial charge in [-0.25, -0.2) is 0 Å². The maximum absolute atomic E-state index is 11.7. The molecule has 3 nitrogen and oxygen atoms in total. The third-order valence-corrected chi connectivity index (χ3v) is 3.42. The van der Waals surface area contributed by atoms with Crippen LogP contribution in [0.15, 0.2) is 16.7 Å². The van der Waals surface area contributed by atoms with Crippen molar-refractivity contribution in [1.82, 2.24) is 5.32 Å². The molecule has 0 radical (unpaired) electrons. The first-order valence-corrected chi connectivity index (χ1v) is 6.06. The lowest BCUT2D eigenvalue weighted by Gasteiger charge is -2.09. The van der Waals surface area contributed by atoms with Crippen LogP contribution >= 0.6 is 11.6 Å². The summed E-state index contributed by atoms with van der Waals surface area (Å²) in [6, 6.07) is 1.74. The highest BCUT2D eigenvalue weighted by molar-refractivity contribution is 6.20. The number of rotatable bonds is 3. The second-order valence-electron chi connectivity index (χ2n) is 4.43. The molecule has 1 fully saturated rings. The number of furan rings is 1. The summed E-state index contributed by atoms with van der Waals surface area (Å²) < 4.78 is 5.09. The van der Waals surface area contributed by atoms with E-state index in [2.05, 4.69) is 5.32 Å². The number of aryl methyl sites for hydroxylation is 1. The first kappa shape index (κ1) is 11.5. The normalized spacial score (nSPS) is 24.6. The number of alkyl halides is 1. The summed E-state index contributed by atoms with van der Waals surface area (Å²) in [6.45, 7) is 2.54. The summed E-state index contributed by atoms with van der Waals surface area (Å²) in [5, 5.41) is 3.21. The molecule has 1 saturated carbocycles. The molecule has 4 heteroatoms. The lowest BCUT2D eigenvalue weighted by atomic mass is 10.1. The van der Waals surface area contributed by atoms with Crippen LogP contribution in [0, 0.1) is 12.8 Å². The van der Waals surface area contributed by atoms with Gasteiger partial charge in [0, 0.05) is 11.9 Å². The van der Waals surface area contributed by atoms with Gasteiger partial charge in [0.2, 0.25) is 0 Å². The molecule has 1 heterocycles. The average Bonchev–Trinajstić information content (AvgIpc) is 2.84. The number of nitrogens with one attached hydrogen (secondary N) is 1. The predicted octanol–water partition coefficient (Wildman–Crippen LogP) is 2.73. The van der Waals surface area contributed by atoms with E-state index in [9.17, 15) is 4.79 Å². The maximum atomic E-state index is 11.7. The smallest absolute Gasteiger partial charge is 0.254 e. The van der Waals surface area contributed by atoms with Crippen LogP contribution in [-0.2, 0) is 0 Å². The van der Waals surface area contributed by atoms with E-state index in [1.807, 2.05) is 6.92 Å². The van der Waals surface area contributed by atoms with E-state index in [1.54, 1.807) is 6.07 Å². The van der Waals surface area contributed by atoms with Crippen LogP contribution in [0.2, 0.25) is 0 Å². The fourth-order valence-corrected chi connectivity index (χ4v) is 2.48. The van der Waals surface area contributed by atoms with Crippen LogP contribution < -0.4 is 5.32 Å². The lowest BCUT2D eigenvalue weighted by molar-refractivity contribution is 0.0947. The molecule has 1 aliphatic carbocycles. The van der Waals surface area contributed by atoms with Gasteiger partial charge in [0.1, 0.15) is 12.0 Å². The zero-order chi connectivity index (χ0) is 11.5. The van der Waals surface area contributed by atoms with Crippen molar-refractivity contribution in [1.29, 1.82) is 0 Å². The molecule has 0 bridgehead atoms. The van der Waals surface area contributed by atoms with E-state index in [4.69, 9.17) is 16.0 Å². The van der Waals surface area contributed by atoms with Gasteiger partial charge in [-0.1, -0.05) is 0 Å². The predicted molar refractivity (Wildman–Crippen MR) is 62.8 cm³/mol. The Hall–Kier alpha value is -0.960. The molecule has 1 aliphatic rings. The highest BCUT2D eigenvalue weighted by Crippen LogP contribution is 2.28. The van der Waals surface area contributed by atoms with Crippen molar-refractivity contribution >= 4 is 17.5 Å². The van der Waals surface area contributed by atoms with Crippen LogP contribution in [0.25, 0.3) is 0 Å². The van der Waals surface area contributed by atoms with E-state index < -0.39 is 0 Å². The van der Waals surface area contributed by atoms with Crippen molar-refractivity contribution in [3.8, 4) is 0 Å². The zero-order valence-electron chi connectivity index (χ0n) is 9.33. The lowest BCUT2D eigenvalue weighted by Crippen LogP contribution is -2.28. The molecule has 88 valence electrons. The third kappa shape index (κ3) is 2.79. The highest BCUT2D eigenvalue weighted by Gasteiger charge is 2.23. The molecule has 1 aromatic heterocycles. The Morgan fingerprint density at radius 1 is 1.62 bits per heavy atom. The summed E-state index contributed by atoms with van der Waals surface area (Å²) in [7, 11) is 0. The Balaban J connectivity index is 1.80. The van der Waals surface area contributed by atoms with Gasteiger partial charge in [-0.05, 0) is 38.2 Å². The highest BCUT2D eigenvalue weighted by atomic mass is 35.5. The van der Waals surface area contributed by atoms with Crippen molar-refractivity contribution in [2.75, 3.05) is 6.54 Å². The molecule has 0 aromatic carbocycles. The third-order valence-electron chi connectivity index (χ3n) is 3.02. The molecule has 1 aromatic rings. The van der Waals surface area contributed by atoms with Gasteiger partial charge >= 0.3 is 0 Å². The number of hydrogen-bond donors (Lipinski definition) is 1. The molecule has 2 unspecified atom stereocenters. The zero-order valence-corrected chi connectivity index (χ0v) is 10.1. The SMILES string of the molecule is Cc1cc(C(=O)NCC2CCC(Cl)C2)co1. The van der Waals surface area contributed by atoms with Crippen molar-refractivity contribution in [2.45, 2.75) is 31.6 Å². The number of amides is 1. The molecule has 16 heavy (non-hydrogen) atoms.